The van der Waals surface area contributed by atoms with E-state index in [9.17, 15) is 9.59 Å². The lowest BCUT2D eigenvalue weighted by molar-refractivity contribution is -0.133. The lowest BCUT2D eigenvalue weighted by Gasteiger charge is -2.29. The second-order valence-electron chi connectivity index (χ2n) is 5.19. The molecule has 0 aromatic heterocycles. The third-order valence-corrected chi connectivity index (χ3v) is 4.00. The Kier molecular flexibility index (Phi) is 7.26. The molecule has 2 saturated heterocycles. The summed E-state index contributed by atoms with van der Waals surface area (Å²) in [6.45, 7) is 5.00. The molecule has 1 atom stereocenters. The lowest BCUT2D eigenvalue weighted by Crippen LogP contribution is -2.48. The number of nitrogens with one attached hydrogen (secondary N) is 2. The van der Waals surface area contributed by atoms with Gasteiger partial charge in [-0.15, -0.1) is 12.4 Å². The average molecular weight is 305 g/mol. The summed E-state index contributed by atoms with van der Waals surface area (Å²) in [4.78, 5) is 27.8. The van der Waals surface area contributed by atoms with Gasteiger partial charge in [0, 0.05) is 46.2 Å². The molecular weight excluding hydrogens is 280 g/mol. The number of rotatable bonds is 4. The van der Waals surface area contributed by atoms with Gasteiger partial charge in [0.05, 0.1) is 6.04 Å². The third kappa shape index (κ3) is 4.33. The Morgan fingerprint density at radius 2 is 1.95 bits per heavy atom. The highest BCUT2D eigenvalue weighted by molar-refractivity contribution is 5.85. The van der Waals surface area contributed by atoms with Crippen LogP contribution in [0.2, 0.25) is 0 Å². The monoisotopic (exact) mass is 304 g/mol. The number of amides is 2. The van der Waals surface area contributed by atoms with Gasteiger partial charge in [-0.3, -0.25) is 14.5 Å². The van der Waals surface area contributed by atoms with E-state index in [0.717, 1.165) is 45.6 Å². The van der Waals surface area contributed by atoms with Crippen LogP contribution in [0.15, 0.2) is 0 Å². The Bertz CT molecular complexity index is 334. The van der Waals surface area contributed by atoms with E-state index in [1.165, 1.54) is 0 Å². The zero-order valence-corrected chi connectivity index (χ0v) is 12.9. The number of piperazine rings is 1. The zero-order valence-electron chi connectivity index (χ0n) is 12.1. The molecule has 0 aliphatic carbocycles. The van der Waals surface area contributed by atoms with Gasteiger partial charge in [-0.25, -0.2) is 0 Å². The molecule has 0 aromatic rings. The van der Waals surface area contributed by atoms with Gasteiger partial charge in [0.2, 0.25) is 11.8 Å². The Labute approximate surface area is 126 Å². The Hall–Kier alpha value is -0.850. The first-order valence-corrected chi connectivity index (χ1v) is 7.16. The summed E-state index contributed by atoms with van der Waals surface area (Å²) in [6, 6.07) is -0.0409. The van der Waals surface area contributed by atoms with Gasteiger partial charge >= 0.3 is 0 Å². The van der Waals surface area contributed by atoms with Crippen LogP contribution in [0, 0.1) is 0 Å². The van der Waals surface area contributed by atoms with Gasteiger partial charge in [0.1, 0.15) is 0 Å². The van der Waals surface area contributed by atoms with Crippen molar-refractivity contribution in [3.05, 3.63) is 0 Å². The molecule has 0 radical (unpaired) electrons. The predicted molar refractivity (Wildman–Crippen MR) is 80.0 cm³/mol. The number of hydrogen-bond acceptors (Lipinski definition) is 4. The van der Waals surface area contributed by atoms with Crippen LogP contribution in [0.4, 0.5) is 0 Å². The van der Waals surface area contributed by atoms with Crippen molar-refractivity contribution < 1.29 is 9.59 Å². The molecule has 20 heavy (non-hydrogen) atoms. The van der Waals surface area contributed by atoms with Crippen LogP contribution in [0.3, 0.4) is 0 Å². The largest absolute Gasteiger partial charge is 0.358 e. The third-order valence-electron chi connectivity index (χ3n) is 4.00. The van der Waals surface area contributed by atoms with Crippen molar-refractivity contribution in [2.75, 3.05) is 46.3 Å². The number of hydrogen-bond donors (Lipinski definition) is 2. The first-order valence-electron chi connectivity index (χ1n) is 7.16. The molecule has 1 unspecified atom stereocenters. The normalized spacial score (nSPS) is 23.2. The minimum absolute atomic E-state index is 0. The van der Waals surface area contributed by atoms with Gasteiger partial charge in [0.15, 0.2) is 0 Å². The number of nitrogens with zero attached hydrogens (tertiary/aromatic N) is 2. The van der Waals surface area contributed by atoms with Crippen molar-refractivity contribution in [1.29, 1.82) is 0 Å². The van der Waals surface area contributed by atoms with Crippen LogP contribution in [0.25, 0.3) is 0 Å². The zero-order chi connectivity index (χ0) is 13.7. The van der Waals surface area contributed by atoms with E-state index in [1.807, 2.05) is 4.90 Å². The molecule has 2 heterocycles. The van der Waals surface area contributed by atoms with Crippen LogP contribution >= 0.6 is 12.4 Å². The molecule has 2 N–H and O–H groups in total. The Balaban J connectivity index is 0.00000200. The van der Waals surface area contributed by atoms with Crippen LogP contribution < -0.4 is 10.6 Å². The van der Waals surface area contributed by atoms with Gasteiger partial charge in [-0.05, 0) is 19.4 Å². The molecule has 0 bridgehead atoms. The molecule has 116 valence electrons. The summed E-state index contributed by atoms with van der Waals surface area (Å²) in [5, 5.41) is 5.94. The highest BCUT2D eigenvalue weighted by Gasteiger charge is 2.30. The molecule has 2 rings (SSSR count). The lowest BCUT2D eigenvalue weighted by atomic mass is 10.2. The standard InChI is InChI=1S/C13H24N4O2.ClH/c1-14-13(19)11-3-2-7-16(11)8-4-12(18)17-9-5-15-6-10-17;/h11,15H,2-10H2,1H3,(H,14,19);1H. The quantitative estimate of drug-likeness (QED) is 0.731. The molecule has 6 nitrogen and oxygen atoms in total. The van der Waals surface area contributed by atoms with E-state index in [2.05, 4.69) is 15.5 Å². The van der Waals surface area contributed by atoms with Crippen LogP contribution in [-0.4, -0.2) is 74.0 Å². The molecule has 0 saturated carbocycles. The molecule has 2 aliphatic heterocycles. The van der Waals surface area contributed by atoms with Crippen molar-refractivity contribution in [1.82, 2.24) is 20.4 Å². The minimum Gasteiger partial charge on any atom is -0.358 e. The average Bonchev–Trinajstić information content (AvgIpc) is 2.93. The van der Waals surface area contributed by atoms with Crippen molar-refractivity contribution in [2.45, 2.75) is 25.3 Å². The fourth-order valence-electron chi connectivity index (χ4n) is 2.87. The summed E-state index contributed by atoms with van der Waals surface area (Å²) in [7, 11) is 1.67. The number of carbonyl (C=O) groups excluding carboxylic acids is 2. The van der Waals surface area contributed by atoms with Gasteiger partial charge in [-0.2, -0.15) is 0 Å². The van der Waals surface area contributed by atoms with Crippen molar-refractivity contribution >= 4 is 24.2 Å². The fourth-order valence-corrected chi connectivity index (χ4v) is 2.87. The van der Waals surface area contributed by atoms with Crippen LogP contribution in [0.1, 0.15) is 19.3 Å². The fraction of sp³-hybridized carbons (Fsp3) is 0.846. The molecule has 0 aromatic carbocycles. The first-order chi connectivity index (χ1) is 9.22. The topological polar surface area (TPSA) is 64.7 Å². The summed E-state index contributed by atoms with van der Waals surface area (Å²) in [5.41, 5.74) is 0. The van der Waals surface area contributed by atoms with Gasteiger partial charge in [0.25, 0.3) is 0 Å². The molecule has 2 amide bonds. The van der Waals surface area contributed by atoms with Crippen LogP contribution in [0.5, 0.6) is 0 Å². The summed E-state index contributed by atoms with van der Waals surface area (Å²) in [6.07, 6.45) is 2.47. The Morgan fingerprint density at radius 1 is 1.25 bits per heavy atom. The number of carbonyl (C=O) groups is 2. The molecule has 2 fully saturated rings. The molecule has 2 aliphatic rings. The maximum absolute atomic E-state index is 12.1. The van der Waals surface area contributed by atoms with E-state index >= 15 is 0 Å². The minimum atomic E-state index is -0.0409. The van der Waals surface area contributed by atoms with E-state index in [-0.39, 0.29) is 30.3 Å². The number of likely N-dealkylation sites (tertiary alicyclic amines) is 1. The summed E-state index contributed by atoms with van der Waals surface area (Å²) >= 11 is 0. The van der Waals surface area contributed by atoms with Crippen molar-refractivity contribution in [3.8, 4) is 0 Å². The van der Waals surface area contributed by atoms with Crippen molar-refractivity contribution in [2.24, 2.45) is 0 Å². The van der Waals surface area contributed by atoms with Crippen LogP contribution in [-0.2, 0) is 9.59 Å². The first kappa shape index (κ1) is 17.2. The molecule has 7 heteroatoms. The smallest absolute Gasteiger partial charge is 0.237 e. The van der Waals surface area contributed by atoms with Gasteiger partial charge in [-0.1, -0.05) is 0 Å². The number of halogens is 1. The SMILES string of the molecule is CNC(=O)C1CCCN1CCC(=O)N1CCNCC1.Cl. The summed E-state index contributed by atoms with van der Waals surface area (Å²) in [5.74, 6) is 0.288. The maximum atomic E-state index is 12.1. The van der Waals surface area contributed by atoms with E-state index < -0.39 is 0 Å². The van der Waals surface area contributed by atoms with E-state index in [0.29, 0.717) is 13.0 Å². The second-order valence-corrected chi connectivity index (χ2v) is 5.19. The Morgan fingerprint density at radius 3 is 2.60 bits per heavy atom. The molecule has 0 spiro atoms. The van der Waals surface area contributed by atoms with E-state index in [1.54, 1.807) is 7.05 Å². The maximum Gasteiger partial charge on any atom is 0.237 e. The highest BCUT2D eigenvalue weighted by atomic mass is 35.5. The highest BCUT2D eigenvalue weighted by Crippen LogP contribution is 2.17. The molecular formula is C13H25ClN4O2. The van der Waals surface area contributed by atoms with Crippen molar-refractivity contribution in [3.63, 3.8) is 0 Å². The predicted octanol–water partition coefficient (Wildman–Crippen LogP) is -0.559. The van der Waals surface area contributed by atoms with Gasteiger partial charge < -0.3 is 15.5 Å². The van der Waals surface area contributed by atoms with E-state index in [4.69, 9.17) is 0 Å². The number of likely N-dealkylation sites (N-methyl/N-ethyl adjacent to an activating group) is 1. The summed E-state index contributed by atoms with van der Waals surface area (Å²) < 4.78 is 0. The second kappa shape index (κ2) is 8.44.